The predicted molar refractivity (Wildman–Crippen MR) is 52.7 cm³/mol. The molecule has 3 heteroatoms. The molecule has 2 rings (SSSR count). The van der Waals surface area contributed by atoms with E-state index in [0.29, 0.717) is 6.04 Å². The van der Waals surface area contributed by atoms with Crippen LogP contribution in [0.5, 0.6) is 0 Å². The third-order valence-corrected chi connectivity index (χ3v) is 2.75. The first kappa shape index (κ1) is 8.75. The fourth-order valence-corrected chi connectivity index (χ4v) is 1.83. The summed E-state index contributed by atoms with van der Waals surface area (Å²) in [6.45, 7) is 4.43. The minimum atomic E-state index is 0.626. The van der Waals surface area contributed by atoms with Gasteiger partial charge in [-0.15, -0.1) is 0 Å². The van der Waals surface area contributed by atoms with Crippen molar-refractivity contribution in [2.45, 2.75) is 32.2 Å². The van der Waals surface area contributed by atoms with E-state index in [1.165, 1.54) is 18.4 Å². The van der Waals surface area contributed by atoms with Crippen LogP contribution in [-0.2, 0) is 6.42 Å². The summed E-state index contributed by atoms with van der Waals surface area (Å²) in [5.41, 5.74) is 1.35. The molecule has 0 atom stereocenters. The summed E-state index contributed by atoms with van der Waals surface area (Å²) in [4.78, 5) is 0. The minimum Gasteiger partial charge on any atom is -0.317 e. The van der Waals surface area contributed by atoms with Gasteiger partial charge in [0.15, 0.2) is 0 Å². The highest BCUT2D eigenvalue weighted by Crippen LogP contribution is 2.17. The standard InChI is InChI=1S/C10H17N3/c1-2-9-7-12-13(8-9)10-3-5-11-6-4-10/h7-8,10-11H,2-6H2,1H3. The number of hydrogen-bond acceptors (Lipinski definition) is 2. The molecule has 0 bridgehead atoms. The lowest BCUT2D eigenvalue weighted by molar-refractivity contribution is 0.343. The highest BCUT2D eigenvalue weighted by atomic mass is 15.3. The number of nitrogens with one attached hydrogen (secondary N) is 1. The van der Waals surface area contributed by atoms with Crippen molar-refractivity contribution >= 4 is 0 Å². The van der Waals surface area contributed by atoms with E-state index in [4.69, 9.17) is 0 Å². The van der Waals surface area contributed by atoms with E-state index in [2.05, 4.69) is 28.2 Å². The van der Waals surface area contributed by atoms with Gasteiger partial charge in [0, 0.05) is 6.20 Å². The second-order valence-corrected chi connectivity index (χ2v) is 3.66. The molecule has 1 aromatic heterocycles. The van der Waals surface area contributed by atoms with Crippen LogP contribution in [0.25, 0.3) is 0 Å². The second-order valence-electron chi connectivity index (χ2n) is 3.66. The van der Waals surface area contributed by atoms with E-state index in [-0.39, 0.29) is 0 Å². The van der Waals surface area contributed by atoms with Gasteiger partial charge in [0.25, 0.3) is 0 Å². The predicted octanol–water partition coefficient (Wildman–Crippen LogP) is 1.37. The van der Waals surface area contributed by atoms with Crippen molar-refractivity contribution in [3.05, 3.63) is 18.0 Å². The molecule has 1 fully saturated rings. The molecule has 0 spiro atoms. The van der Waals surface area contributed by atoms with Crippen LogP contribution in [0.3, 0.4) is 0 Å². The molecular formula is C10H17N3. The smallest absolute Gasteiger partial charge is 0.0543 e. The van der Waals surface area contributed by atoms with E-state index in [1.807, 2.05) is 6.20 Å². The second kappa shape index (κ2) is 3.92. The Morgan fingerprint density at radius 2 is 2.31 bits per heavy atom. The van der Waals surface area contributed by atoms with Gasteiger partial charge in [-0.3, -0.25) is 4.68 Å². The Morgan fingerprint density at radius 1 is 1.54 bits per heavy atom. The Hall–Kier alpha value is -0.830. The quantitative estimate of drug-likeness (QED) is 0.743. The van der Waals surface area contributed by atoms with E-state index >= 15 is 0 Å². The molecule has 1 aliphatic rings. The van der Waals surface area contributed by atoms with Crippen molar-refractivity contribution in [3.63, 3.8) is 0 Å². The lowest BCUT2D eigenvalue weighted by Gasteiger charge is -2.22. The average molecular weight is 179 g/mol. The molecule has 0 aliphatic carbocycles. The maximum atomic E-state index is 4.40. The van der Waals surface area contributed by atoms with Crippen LogP contribution < -0.4 is 5.32 Å². The van der Waals surface area contributed by atoms with Gasteiger partial charge in [-0.25, -0.2) is 0 Å². The third kappa shape index (κ3) is 1.91. The first-order valence-corrected chi connectivity index (χ1v) is 5.14. The molecule has 1 saturated heterocycles. The molecule has 13 heavy (non-hydrogen) atoms. The fraction of sp³-hybridized carbons (Fsp3) is 0.700. The van der Waals surface area contributed by atoms with E-state index in [9.17, 15) is 0 Å². The molecule has 2 heterocycles. The van der Waals surface area contributed by atoms with E-state index in [0.717, 1.165) is 19.5 Å². The van der Waals surface area contributed by atoms with Crippen LogP contribution in [0, 0.1) is 0 Å². The van der Waals surface area contributed by atoms with Crippen molar-refractivity contribution in [2.24, 2.45) is 0 Å². The minimum absolute atomic E-state index is 0.626. The molecule has 0 radical (unpaired) electrons. The molecule has 1 N–H and O–H groups in total. The summed E-state index contributed by atoms with van der Waals surface area (Å²) in [5, 5.41) is 7.76. The number of aryl methyl sites for hydroxylation is 1. The molecular weight excluding hydrogens is 162 g/mol. The van der Waals surface area contributed by atoms with Gasteiger partial charge in [-0.05, 0) is 37.9 Å². The van der Waals surface area contributed by atoms with Crippen molar-refractivity contribution in [2.75, 3.05) is 13.1 Å². The number of rotatable bonds is 2. The number of aromatic nitrogens is 2. The average Bonchev–Trinajstić information content (AvgIpc) is 2.67. The van der Waals surface area contributed by atoms with Crippen LogP contribution in [0.4, 0.5) is 0 Å². The normalized spacial score (nSPS) is 19.2. The Balaban J connectivity index is 2.05. The summed E-state index contributed by atoms with van der Waals surface area (Å²) in [6, 6.07) is 0.626. The van der Waals surface area contributed by atoms with Gasteiger partial charge in [0.05, 0.1) is 12.2 Å². The summed E-state index contributed by atoms with van der Waals surface area (Å²) >= 11 is 0. The summed E-state index contributed by atoms with van der Waals surface area (Å²) in [7, 11) is 0. The zero-order valence-electron chi connectivity index (χ0n) is 8.16. The number of piperidine rings is 1. The lowest BCUT2D eigenvalue weighted by Crippen LogP contribution is -2.29. The highest BCUT2D eigenvalue weighted by molar-refractivity contribution is 5.03. The molecule has 0 unspecified atom stereocenters. The zero-order valence-corrected chi connectivity index (χ0v) is 8.16. The molecule has 1 aromatic rings. The molecule has 0 saturated carbocycles. The number of nitrogens with zero attached hydrogens (tertiary/aromatic N) is 2. The third-order valence-electron chi connectivity index (χ3n) is 2.75. The molecule has 3 nitrogen and oxygen atoms in total. The summed E-state index contributed by atoms with van der Waals surface area (Å²) < 4.78 is 2.14. The van der Waals surface area contributed by atoms with Gasteiger partial charge < -0.3 is 5.32 Å². The molecule has 0 aromatic carbocycles. The Bertz CT molecular complexity index is 261. The van der Waals surface area contributed by atoms with Crippen molar-refractivity contribution in [1.29, 1.82) is 0 Å². The van der Waals surface area contributed by atoms with E-state index in [1.54, 1.807) is 0 Å². The maximum Gasteiger partial charge on any atom is 0.0543 e. The monoisotopic (exact) mass is 179 g/mol. The van der Waals surface area contributed by atoms with Crippen LogP contribution in [0.2, 0.25) is 0 Å². The Kier molecular flexibility index (Phi) is 2.64. The topological polar surface area (TPSA) is 29.9 Å². The van der Waals surface area contributed by atoms with Crippen LogP contribution >= 0.6 is 0 Å². The van der Waals surface area contributed by atoms with Crippen LogP contribution in [0.15, 0.2) is 12.4 Å². The van der Waals surface area contributed by atoms with Gasteiger partial charge in [-0.2, -0.15) is 5.10 Å². The van der Waals surface area contributed by atoms with Crippen molar-refractivity contribution < 1.29 is 0 Å². The maximum absolute atomic E-state index is 4.40. The van der Waals surface area contributed by atoms with Crippen LogP contribution in [-0.4, -0.2) is 22.9 Å². The molecule has 1 aliphatic heterocycles. The first-order valence-electron chi connectivity index (χ1n) is 5.14. The van der Waals surface area contributed by atoms with Gasteiger partial charge >= 0.3 is 0 Å². The number of hydrogen-bond donors (Lipinski definition) is 1. The van der Waals surface area contributed by atoms with Gasteiger partial charge in [0.2, 0.25) is 0 Å². The van der Waals surface area contributed by atoms with Gasteiger partial charge in [0.1, 0.15) is 0 Å². The highest BCUT2D eigenvalue weighted by Gasteiger charge is 2.14. The van der Waals surface area contributed by atoms with Crippen molar-refractivity contribution in [1.82, 2.24) is 15.1 Å². The molecule has 0 amide bonds. The van der Waals surface area contributed by atoms with Gasteiger partial charge in [-0.1, -0.05) is 6.92 Å². The largest absolute Gasteiger partial charge is 0.317 e. The Labute approximate surface area is 79.1 Å². The summed E-state index contributed by atoms with van der Waals surface area (Å²) in [6.07, 6.45) is 7.69. The molecule has 72 valence electrons. The first-order chi connectivity index (χ1) is 6.40. The van der Waals surface area contributed by atoms with Crippen molar-refractivity contribution in [3.8, 4) is 0 Å². The lowest BCUT2D eigenvalue weighted by atomic mass is 10.1. The zero-order chi connectivity index (χ0) is 9.10. The summed E-state index contributed by atoms with van der Waals surface area (Å²) in [5.74, 6) is 0. The fourth-order valence-electron chi connectivity index (χ4n) is 1.83. The van der Waals surface area contributed by atoms with Crippen LogP contribution in [0.1, 0.15) is 31.4 Å². The Morgan fingerprint density at radius 3 is 2.92 bits per heavy atom. The SMILES string of the molecule is CCc1cnn(C2CCNCC2)c1. The van der Waals surface area contributed by atoms with E-state index < -0.39 is 0 Å².